The monoisotopic (exact) mass is 359 g/mol. The summed E-state index contributed by atoms with van der Waals surface area (Å²) in [5, 5.41) is 3.54. The molecule has 5 nitrogen and oxygen atoms in total. The Hall–Kier alpha value is -1.59. The summed E-state index contributed by atoms with van der Waals surface area (Å²) in [4.78, 5) is 6.58. The quantitative estimate of drug-likeness (QED) is 0.440. The smallest absolute Gasteiger partial charge is 0.193 e. The molecule has 1 N–H and O–H groups in total. The van der Waals surface area contributed by atoms with Crippen molar-refractivity contribution in [1.29, 1.82) is 0 Å². The van der Waals surface area contributed by atoms with Crippen LogP contribution in [0.1, 0.15) is 37.4 Å². The van der Waals surface area contributed by atoms with Crippen LogP contribution >= 0.6 is 0 Å². The molecule has 0 aromatic heterocycles. The van der Waals surface area contributed by atoms with Crippen LogP contribution in [0.5, 0.6) is 0 Å². The molecule has 1 aromatic rings. The number of benzene rings is 1. The Morgan fingerprint density at radius 1 is 1.27 bits per heavy atom. The number of aliphatic imine (C=N–C) groups is 1. The van der Waals surface area contributed by atoms with E-state index in [1.165, 1.54) is 24.8 Å². The number of ether oxygens (including phenoxy) is 2. The van der Waals surface area contributed by atoms with Crippen molar-refractivity contribution >= 4 is 5.96 Å². The van der Waals surface area contributed by atoms with Gasteiger partial charge in [-0.1, -0.05) is 30.3 Å². The first-order valence-electron chi connectivity index (χ1n) is 9.94. The third-order valence-electron chi connectivity index (χ3n) is 5.29. The summed E-state index contributed by atoms with van der Waals surface area (Å²) in [5.41, 5.74) is 1.27. The minimum Gasteiger partial charge on any atom is -0.379 e. The van der Waals surface area contributed by atoms with E-state index in [1.54, 1.807) is 0 Å². The van der Waals surface area contributed by atoms with Crippen molar-refractivity contribution in [2.24, 2.45) is 16.8 Å². The van der Waals surface area contributed by atoms with Crippen molar-refractivity contribution in [2.45, 2.75) is 31.8 Å². The van der Waals surface area contributed by atoms with E-state index in [0.29, 0.717) is 5.92 Å². The van der Waals surface area contributed by atoms with Crippen LogP contribution in [0.2, 0.25) is 0 Å². The summed E-state index contributed by atoms with van der Waals surface area (Å²) in [6, 6.07) is 10.6. The second-order valence-electron chi connectivity index (χ2n) is 7.47. The Balaban J connectivity index is 1.46. The van der Waals surface area contributed by atoms with E-state index >= 15 is 0 Å². The molecule has 2 unspecified atom stereocenters. The summed E-state index contributed by atoms with van der Waals surface area (Å²) in [7, 11) is 3.91. The minimum absolute atomic E-state index is 0.169. The largest absolute Gasteiger partial charge is 0.379 e. The van der Waals surface area contributed by atoms with Crippen molar-refractivity contribution in [2.75, 3.05) is 47.0 Å². The van der Waals surface area contributed by atoms with Gasteiger partial charge in [-0.25, -0.2) is 0 Å². The number of guanidine groups is 1. The third kappa shape index (κ3) is 5.71. The number of nitrogens with one attached hydrogen (secondary N) is 1. The van der Waals surface area contributed by atoms with Crippen LogP contribution in [0, 0.1) is 11.8 Å². The molecule has 1 saturated carbocycles. The van der Waals surface area contributed by atoms with Gasteiger partial charge in [-0.15, -0.1) is 0 Å². The summed E-state index contributed by atoms with van der Waals surface area (Å²) < 4.78 is 11.8. The van der Waals surface area contributed by atoms with Gasteiger partial charge in [0.25, 0.3) is 0 Å². The van der Waals surface area contributed by atoms with Crippen LogP contribution in [0.25, 0.3) is 0 Å². The van der Waals surface area contributed by atoms with Gasteiger partial charge in [-0.05, 0) is 37.2 Å². The van der Waals surface area contributed by atoms with Crippen LogP contribution in [0.4, 0.5) is 0 Å². The summed E-state index contributed by atoms with van der Waals surface area (Å²) in [6.45, 7) is 4.25. The zero-order valence-corrected chi connectivity index (χ0v) is 16.2. The highest BCUT2D eigenvalue weighted by atomic mass is 16.5. The van der Waals surface area contributed by atoms with E-state index in [1.807, 2.05) is 7.05 Å². The fraction of sp³-hybridized carbons (Fsp3) is 0.667. The molecule has 2 fully saturated rings. The Bertz CT molecular complexity index is 560. The van der Waals surface area contributed by atoms with Gasteiger partial charge in [-0.3, -0.25) is 4.99 Å². The molecule has 2 atom stereocenters. The predicted molar refractivity (Wildman–Crippen MR) is 105 cm³/mol. The van der Waals surface area contributed by atoms with Crippen molar-refractivity contribution in [3.63, 3.8) is 0 Å². The van der Waals surface area contributed by atoms with Crippen molar-refractivity contribution in [1.82, 2.24) is 10.2 Å². The highest BCUT2D eigenvalue weighted by Crippen LogP contribution is 2.33. The van der Waals surface area contributed by atoms with Gasteiger partial charge in [0.15, 0.2) is 5.96 Å². The average Bonchev–Trinajstić information content (AvgIpc) is 3.51. The molecule has 0 amide bonds. The first-order valence-corrected chi connectivity index (χ1v) is 9.94. The lowest BCUT2D eigenvalue weighted by Crippen LogP contribution is -2.44. The molecular weight excluding hydrogens is 326 g/mol. The van der Waals surface area contributed by atoms with Crippen molar-refractivity contribution in [3.05, 3.63) is 35.9 Å². The Morgan fingerprint density at radius 2 is 2.08 bits per heavy atom. The van der Waals surface area contributed by atoms with Crippen LogP contribution < -0.4 is 5.32 Å². The molecule has 1 aliphatic heterocycles. The van der Waals surface area contributed by atoms with E-state index < -0.39 is 0 Å². The number of hydrogen-bond donors (Lipinski definition) is 1. The molecule has 1 aromatic carbocycles. The average molecular weight is 360 g/mol. The minimum atomic E-state index is 0.169. The van der Waals surface area contributed by atoms with Gasteiger partial charge in [0, 0.05) is 46.3 Å². The Kier molecular flexibility index (Phi) is 7.32. The van der Waals surface area contributed by atoms with Gasteiger partial charge in [0.2, 0.25) is 0 Å². The third-order valence-corrected chi connectivity index (χ3v) is 5.29. The topological polar surface area (TPSA) is 46.1 Å². The molecule has 2 aliphatic rings. The fourth-order valence-corrected chi connectivity index (χ4v) is 3.51. The highest BCUT2D eigenvalue weighted by molar-refractivity contribution is 5.79. The van der Waals surface area contributed by atoms with E-state index in [9.17, 15) is 0 Å². The molecule has 0 radical (unpaired) electrons. The maximum Gasteiger partial charge on any atom is 0.193 e. The van der Waals surface area contributed by atoms with Crippen LogP contribution in [0.15, 0.2) is 35.3 Å². The molecule has 0 spiro atoms. The number of likely N-dealkylation sites (N-methyl/N-ethyl adjacent to an activating group) is 1. The Morgan fingerprint density at radius 3 is 2.81 bits per heavy atom. The molecule has 144 valence electrons. The highest BCUT2D eigenvalue weighted by Gasteiger charge is 2.27. The Labute approximate surface area is 157 Å². The second kappa shape index (κ2) is 9.93. The van der Waals surface area contributed by atoms with Gasteiger partial charge < -0.3 is 19.7 Å². The maximum atomic E-state index is 6.10. The van der Waals surface area contributed by atoms with E-state index in [0.717, 1.165) is 51.2 Å². The molecule has 26 heavy (non-hydrogen) atoms. The number of rotatable bonds is 8. The summed E-state index contributed by atoms with van der Waals surface area (Å²) in [6.07, 6.45) is 5.15. The van der Waals surface area contributed by atoms with E-state index in [-0.39, 0.29) is 6.10 Å². The predicted octanol–water partition coefficient (Wildman–Crippen LogP) is 3.09. The standard InChI is InChI=1S/C21H33N3O2/c1-22-21(24(2)12-14-25-16-17-10-11-17)23-15-19-9-6-13-26-20(19)18-7-4-3-5-8-18/h3-5,7-8,17,19-20H,6,9-16H2,1-2H3,(H,22,23). The zero-order valence-electron chi connectivity index (χ0n) is 16.2. The molecule has 1 aliphatic carbocycles. The molecule has 1 saturated heterocycles. The number of nitrogens with zero attached hydrogens (tertiary/aromatic N) is 2. The zero-order chi connectivity index (χ0) is 18.2. The van der Waals surface area contributed by atoms with Gasteiger partial charge in [0.05, 0.1) is 12.7 Å². The van der Waals surface area contributed by atoms with Crippen LogP contribution in [-0.2, 0) is 9.47 Å². The van der Waals surface area contributed by atoms with E-state index in [4.69, 9.17) is 9.47 Å². The first kappa shape index (κ1) is 19.2. The maximum absolute atomic E-state index is 6.10. The van der Waals surface area contributed by atoms with Gasteiger partial charge >= 0.3 is 0 Å². The lowest BCUT2D eigenvalue weighted by atomic mass is 9.89. The lowest BCUT2D eigenvalue weighted by Gasteiger charge is -2.33. The van der Waals surface area contributed by atoms with Crippen molar-refractivity contribution in [3.8, 4) is 0 Å². The molecule has 0 bridgehead atoms. The first-order chi connectivity index (χ1) is 12.8. The summed E-state index contributed by atoms with van der Waals surface area (Å²) in [5.74, 6) is 2.21. The van der Waals surface area contributed by atoms with Crippen LogP contribution in [0.3, 0.4) is 0 Å². The normalized spacial score (nSPS) is 23.7. The molecule has 5 heteroatoms. The molecular formula is C21H33N3O2. The van der Waals surface area contributed by atoms with Crippen molar-refractivity contribution < 1.29 is 9.47 Å². The van der Waals surface area contributed by atoms with E-state index in [2.05, 4.69) is 52.6 Å². The molecule has 3 rings (SSSR count). The molecule has 1 heterocycles. The second-order valence-corrected chi connectivity index (χ2v) is 7.47. The van der Waals surface area contributed by atoms with Gasteiger partial charge in [-0.2, -0.15) is 0 Å². The van der Waals surface area contributed by atoms with Crippen LogP contribution in [-0.4, -0.2) is 57.9 Å². The fourth-order valence-electron chi connectivity index (χ4n) is 3.51. The number of hydrogen-bond acceptors (Lipinski definition) is 3. The van der Waals surface area contributed by atoms with Gasteiger partial charge in [0.1, 0.15) is 0 Å². The lowest BCUT2D eigenvalue weighted by molar-refractivity contribution is -0.0266. The summed E-state index contributed by atoms with van der Waals surface area (Å²) >= 11 is 0. The SMILES string of the molecule is CN=C(NCC1CCCOC1c1ccccc1)N(C)CCOCC1CC1.